The van der Waals surface area contributed by atoms with Crippen LogP contribution in [0.5, 0.6) is 5.88 Å². The molecule has 1 aromatic carbocycles. The normalized spacial score (nSPS) is 17.3. The lowest BCUT2D eigenvalue weighted by molar-refractivity contribution is 0.390. The Morgan fingerprint density at radius 1 is 1.14 bits per heavy atom. The van der Waals surface area contributed by atoms with Crippen molar-refractivity contribution < 1.29 is 13.5 Å². The number of fused-ring (bicyclic) bond motifs is 1. The molecule has 10 heteroatoms. The molecule has 0 unspecified atom stereocenters. The van der Waals surface area contributed by atoms with Gasteiger partial charge in [-0.1, -0.05) is 6.07 Å². The molecule has 4 aromatic rings. The highest BCUT2D eigenvalue weighted by Crippen LogP contribution is 2.39. The highest BCUT2D eigenvalue weighted by molar-refractivity contribution is 5.66. The van der Waals surface area contributed by atoms with E-state index in [2.05, 4.69) is 26.1 Å². The van der Waals surface area contributed by atoms with Gasteiger partial charge in [0, 0.05) is 12.7 Å². The fourth-order valence-electron chi connectivity index (χ4n) is 4.31. The summed E-state index contributed by atoms with van der Waals surface area (Å²) in [6.45, 7) is 2.48. The van der Waals surface area contributed by atoms with Crippen LogP contribution in [0.1, 0.15) is 41.4 Å². The quantitative estimate of drug-likeness (QED) is 0.431. The van der Waals surface area contributed by atoms with Crippen molar-refractivity contribution in [3.8, 4) is 17.6 Å². The summed E-state index contributed by atoms with van der Waals surface area (Å²) in [7, 11) is 1.55. The Kier molecular flexibility index (Phi) is 5.61. The van der Waals surface area contributed by atoms with Gasteiger partial charge in [0.2, 0.25) is 5.88 Å². The van der Waals surface area contributed by atoms with Gasteiger partial charge in [0.25, 0.3) is 0 Å². The largest absolute Gasteiger partial charge is 0.479 e. The van der Waals surface area contributed by atoms with Gasteiger partial charge in [0.1, 0.15) is 11.1 Å². The summed E-state index contributed by atoms with van der Waals surface area (Å²) >= 11 is 0. The van der Waals surface area contributed by atoms with Crippen molar-refractivity contribution in [2.24, 2.45) is 0 Å². The fourth-order valence-corrected chi connectivity index (χ4v) is 4.31. The third kappa shape index (κ3) is 3.95. The fraction of sp³-hybridized carbons (Fsp3) is 0.240. The molecule has 0 spiro atoms. The smallest absolute Gasteiger partial charge is 0.238 e. The Bertz CT molecular complexity index is 1480. The number of imidazole rings is 1. The van der Waals surface area contributed by atoms with Crippen LogP contribution in [0.3, 0.4) is 0 Å². The molecular formula is C25H21F2N7O. The molecule has 1 aliphatic heterocycles. The number of pyridine rings is 1. The monoisotopic (exact) mass is 473 g/mol. The van der Waals surface area contributed by atoms with E-state index in [1.165, 1.54) is 6.07 Å². The lowest BCUT2D eigenvalue weighted by Gasteiger charge is -2.30. The first kappa shape index (κ1) is 22.4. The van der Waals surface area contributed by atoms with Crippen LogP contribution < -0.4 is 4.74 Å². The Balaban J connectivity index is 1.47. The van der Waals surface area contributed by atoms with Gasteiger partial charge in [0.15, 0.2) is 23.3 Å². The van der Waals surface area contributed by atoms with Crippen LogP contribution in [0.4, 0.5) is 8.78 Å². The zero-order valence-corrected chi connectivity index (χ0v) is 19.1. The van der Waals surface area contributed by atoms with E-state index in [0.29, 0.717) is 48.2 Å². The van der Waals surface area contributed by atoms with E-state index in [1.54, 1.807) is 30.3 Å². The first-order chi connectivity index (χ1) is 16.9. The summed E-state index contributed by atoms with van der Waals surface area (Å²) in [5.74, 6) is -0.723. The second-order valence-electron chi connectivity index (χ2n) is 8.29. The third-order valence-electron chi connectivity index (χ3n) is 6.04. The number of nitriles is 1. The van der Waals surface area contributed by atoms with Gasteiger partial charge in [-0.2, -0.15) is 10.4 Å². The number of benzene rings is 1. The number of ether oxygens (including phenoxy) is 1. The molecule has 0 aliphatic carbocycles. The second kappa shape index (κ2) is 8.76. The average molecular weight is 473 g/mol. The highest BCUT2D eigenvalue weighted by atomic mass is 19.2. The van der Waals surface area contributed by atoms with Crippen LogP contribution in [-0.4, -0.2) is 36.4 Å². The van der Waals surface area contributed by atoms with E-state index in [0.717, 1.165) is 23.5 Å². The van der Waals surface area contributed by atoms with Gasteiger partial charge in [-0.25, -0.2) is 28.4 Å². The van der Waals surface area contributed by atoms with E-state index >= 15 is 0 Å². The molecule has 3 aromatic heterocycles. The van der Waals surface area contributed by atoms with Crippen LogP contribution >= 0.6 is 0 Å². The Morgan fingerprint density at radius 3 is 2.71 bits per heavy atom. The standard InChI is InChI=1S/C25H21F2N7O/c1-16-13-33(15-29-16)21-8-5-18(30-23(21)35-2)6-9-22-31-24-25(14-28,10-3-11-34(24)32-22)17-4-7-19(26)20(27)12-17/h4-9,12-13,15H,3,10-11H2,1-2H3/b9-6+/t25-/m1/s1. The van der Waals surface area contributed by atoms with Crippen molar-refractivity contribution in [2.75, 3.05) is 7.11 Å². The zero-order chi connectivity index (χ0) is 24.6. The summed E-state index contributed by atoms with van der Waals surface area (Å²) in [5, 5.41) is 14.6. The zero-order valence-electron chi connectivity index (χ0n) is 19.1. The molecule has 5 rings (SSSR count). The number of aromatic nitrogens is 6. The number of halogens is 2. The minimum atomic E-state index is -1.21. The van der Waals surface area contributed by atoms with Crippen LogP contribution in [0.2, 0.25) is 0 Å². The molecule has 0 radical (unpaired) electrons. The third-order valence-corrected chi connectivity index (χ3v) is 6.04. The number of hydrogen-bond acceptors (Lipinski definition) is 6. The van der Waals surface area contributed by atoms with Crippen molar-refractivity contribution in [3.05, 3.63) is 83.1 Å². The number of nitrogens with zero attached hydrogens (tertiary/aromatic N) is 7. The van der Waals surface area contributed by atoms with Crippen LogP contribution in [0.15, 0.2) is 42.9 Å². The predicted octanol–water partition coefficient (Wildman–Crippen LogP) is 4.23. The second-order valence-corrected chi connectivity index (χ2v) is 8.29. The summed E-state index contributed by atoms with van der Waals surface area (Å²) in [6.07, 6.45) is 8.10. The molecule has 4 heterocycles. The predicted molar refractivity (Wildman–Crippen MR) is 124 cm³/mol. The lowest BCUT2D eigenvalue weighted by atomic mass is 9.75. The minimum Gasteiger partial charge on any atom is -0.479 e. The van der Waals surface area contributed by atoms with Gasteiger partial charge in [0.05, 0.1) is 30.9 Å². The van der Waals surface area contributed by atoms with E-state index in [-0.39, 0.29) is 0 Å². The topological polar surface area (TPSA) is 94.4 Å². The molecule has 1 aliphatic rings. The number of rotatable bonds is 5. The molecule has 0 N–H and O–H groups in total. The van der Waals surface area contributed by atoms with Crippen LogP contribution in [-0.2, 0) is 12.0 Å². The van der Waals surface area contributed by atoms with Crippen LogP contribution in [0, 0.1) is 29.9 Å². The Labute approximate surface area is 200 Å². The minimum absolute atomic E-state index is 0.361. The van der Waals surface area contributed by atoms with Crippen molar-refractivity contribution in [2.45, 2.75) is 31.7 Å². The first-order valence-corrected chi connectivity index (χ1v) is 11.0. The molecule has 8 nitrogen and oxygen atoms in total. The van der Waals surface area contributed by atoms with Gasteiger partial charge in [-0.15, -0.1) is 0 Å². The molecule has 0 fully saturated rings. The van der Waals surface area contributed by atoms with Crippen molar-refractivity contribution in [3.63, 3.8) is 0 Å². The molecule has 0 saturated heterocycles. The van der Waals surface area contributed by atoms with E-state index in [9.17, 15) is 14.0 Å². The van der Waals surface area contributed by atoms with E-state index < -0.39 is 17.0 Å². The number of methoxy groups -OCH3 is 1. The van der Waals surface area contributed by atoms with E-state index in [1.807, 2.05) is 29.8 Å². The molecule has 0 bridgehead atoms. The van der Waals surface area contributed by atoms with Crippen molar-refractivity contribution in [1.29, 1.82) is 5.26 Å². The first-order valence-electron chi connectivity index (χ1n) is 11.0. The molecule has 0 saturated carbocycles. The Morgan fingerprint density at radius 2 is 2.00 bits per heavy atom. The van der Waals surface area contributed by atoms with E-state index in [4.69, 9.17) is 4.74 Å². The SMILES string of the molecule is COc1nc(/C=C/c2nc3n(n2)CCC[C@@]3(C#N)c2ccc(F)c(F)c2)ccc1-n1cnc(C)c1. The maximum absolute atomic E-state index is 14.0. The van der Waals surface area contributed by atoms with Gasteiger partial charge < -0.3 is 9.30 Å². The molecule has 35 heavy (non-hydrogen) atoms. The summed E-state index contributed by atoms with van der Waals surface area (Å²) in [5.41, 5.74) is 1.41. The molecule has 1 atom stereocenters. The lowest BCUT2D eigenvalue weighted by Crippen LogP contribution is -2.34. The maximum Gasteiger partial charge on any atom is 0.238 e. The van der Waals surface area contributed by atoms with Crippen molar-refractivity contribution in [1.82, 2.24) is 29.3 Å². The van der Waals surface area contributed by atoms with Crippen molar-refractivity contribution >= 4 is 12.2 Å². The van der Waals surface area contributed by atoms with Gasteiger partial charge in [-0.05, 0) is 61.7 Å². The van der Waals surface area contributed by atoms with Gasteiger partial charge >= 0.3 is 0 Å². The molecule has 176 valence electrons. The van der Waals surface area contributed by atoms with Gasteiger partial charge in [-0.3, -0.25) is 0 Å². The molecular weight excluding hydrogens is 452 g/mol. The summed E-state index contributed by atoms with van der Waals surface area (Å²) in [4.78, 5) is 13.4. The average Bonchev–Trinajstić information content (AvgIpc) is 3.50. The summed E-state index contributed by atoms with van der Waals surface area (Å²) < 4.78 is 36.4. The number of hydrogen-bond donors (Lipinski definition) is 0. The Hall–Kier alpha value is -4.39. The number of aryl methyl sites for hydroxylation is 2. The highest BCUT2D eigenvalue weighted by Gasteiger charge is 2.42. The van der Waals surface area contributed by atoms with Crippen LogP contribution in [0.25, 0.3) is 17.8 Å². The maximum atomic E-state index is 14.0. The summed E-state index contributed by atoms with van der Waals surface area (Å²) in [6, 6.07) is 9.53. The molecule has 0 amide bonds.